The minimum absolute atomic E-state index is 0.860. The molecule has 19 heavy (non-hydrogen) atoms. The van der Waals surface area contributed by atoms with Gasteiger partial charge in [-0.05, 0) is 32.9 Å². The number of hydrogen-bond acceptors (Lipinski definition) is 4. The zero-order chi connectivity index (χ0) is 13.7. The van der Waals surface area contributed by atoms with Crippen LogP contribution < -0.4 is 0 Å². The topological polar surface area (TPSA) is 51.0 Å². The maximum Gasteiger partial charge on any atom is 0.115 e. The molecule has 0 unspecified atom stereocenters. The van der Waals surface area contributed by atoms with Gasteiger partial charge in [0.25, 0.3) is 0 Å². The molecule has 0 aromatic carbocycles. The van der Waals surface area contributed by atoms with E-state index in [4.69, 9.17) is 0 Å². The molecule has 4 nitrogen and oxygen atoms in total. The van der Waals surface area contributed by atoms with Gasteiger partial charge in [-0.15, -0.1) is 0 Å². The molecule has 0 amide bonds. The first-order valence-corrected chi connectivity index (χ1v) is 6.12. The van der Waals surface area contributed by atoms with Gasteiger partial charge in [-0.2, -0.15) is 0 Å². The first-order valence-electron chi connectivity index (χ1n) is 6.12. The fraction of sp³-hybridized carbons (Fsp3) is 0.200. The standard InChI is InChI=1S/C15H16N4/c1-4-8-17-12(3)14-6-5-7-15(19-14)13-9-16-10-18-11(13)2/h4-10H,1-3H3/b8-4-,17-12+. The summed E-state index contributed by atoms with van der Waals surface area (Å²) in [7, 11) is 0. The Hall–Kier alpha value is -2.36. The van der Waals surface area contributed by atoms with Gasteiger partial charge in [-0.25, -0.2) is 15.0 Å². The van der Waals surface area contributed by atoms with E-state index < -0.39 is 0 Å². The lowest BCUT2D eigenvalue weighted by molar-refractivity contribution is 1.09. The van der Waals surface area contributed by atoms with Gasteiger partial charge in [-0.3, -0.25) is 4.99 Å². The van der Waals surface area contributed by atoms with Crippen molar-refractivity contribution in [2.24, 2.45) is 4.99 Å². The van der Waals surface area contributed by atoms with Gasteiger partial charge >= 0.3 is 0 Å². The Balaban J connectivity index is 2.43. The Bertz CT molecular complexity index is 630. The van der Waals surface area contributed by atoms with Crippen LogP contribution in [0.5, 0.6) is 0 Å². The van der Waals surface area contributed by atoms with Crippen molar-refractivity contribution in [3.63, 3.8) is 0 Å². The predicted molar refractivity (Wildman–Crippen MR) is 77.0 cm³/mol. The second-order valence-corrected chi connectivity index (χ2v) is 4.13. The van der Waals surface area contributed by atoms with E-state index in [1.54, 1.807) is 18.7 Å². The molecule has 0 aliphatic carbocycles. The monoisotopic (exact) mass is 252 g/mol. The summed E-state index contributed by atoms with van der Waals surface area (Å²) < 4.78 is 0. The molecule has 0 N–H and O–H groups in total. The zero-order valence-corrected chi connectivity index (χ0v) is 11.3. The van der Waals surface area contributed by atoms with Crippen LogP contribution in [0.3, 0.4) is 0 Å². The molecule has 96 valence electrons. The van der Waals surface area contributed by atoms with E-state index in [1.165, 1.54) is 0 Å². The maximum atomic E-state index is 4.61. The summed E-state index contributed by atoms with van der Waals surface area (Å²) in [5, 5.41) is 0. The largest absolute Gasteiger partial charge is 0.260 e. The van der Waals surface area contributed by atoms with Crippen LogP contribution >= 0.6 is 0 Å². The summed E-state index contributed by atoms with van der Waals surface area (Å²) in [6.07, 6.45) is 6.98. The highest BCUT2D eigenvalue weighted by Gasteiger charge is 2.06. The molecule has 0 spiro atoms. The average molecular weight is 252 g/mol. The predicted octanol–water partition coefficient (Wildman–Crippen LogP) is 3.19. The Kier molecular flexibility index (Phi) is 4.13. The number of rotatable bonds is 3. The smallest absolute Gasteiger partial charge is 0.115 e. The highest BCUT2D eigenvalue weighted by molar-refractivity contribution is 5.97. The minimum atomic E-state index is 0.860. The van der Waals surface area contributed by atoms with Crippen molar-refractivity contribution in [3.8, 4) is 11.3 Å². The molecular formula is C15H16N4. The molecule has 0 atom stereocenters. The van der Waals surface area contributed by atoms with Crippen LogP contribution in [0.15, 0.2) is 48.0 Å². The van der Waals surface area contributed by atoms with E-state index in [0.717, 1.165) is 28.4 Å². The minimum Gasteiger partial charge on any atom is -0.260 e. The van der Waals surface area contributed by atoms with Crippen LogP contribution in [0.25, 0.3) is 11.3 Å². The number of hydrogen-bond donors (Lipinski definition) is 0. The highest BCUT2D eigenvalue weighted by atomic mass is 14.8. The second-order valence-electron chi connectivity index (χ2n) is 4.13. The molecule has 0 saturated carbocycles. The summed E-state index contributed by atoms with van der Waals surface area (Å²) in [5.41, 5.74) is 4.48. The summed E-state index contributed by atoms with van der Waals surface area (Å²) in [5.74, 6) is 0. The first-order chi connectivity index (χ1) is 9.22. The lowest BCUT2D eigenvalue weighted by Gasteiger charge is -2.05. The molecule has 2 rings (SSSR count). The molecule has 0 aliphatic heterocycles. The van der Waals surface area contributed by atoms with Crippen molar-refractivity contribution in [1.29, 1.82) is 0 Å². The van der Waals surface area contributed by atoms with Gasteiger partial charge in [0.15, 0.2) is 0 Å². The Labute approximate surface area is 113 Å². The van der Waals surface area contributed by atoms with E-state index in [-0.39, 0.29) is 0 Å². The van der Waals surface area contributed by atoms with Gasteiger partial charge in [0, 0.05) is 18.0 Å². The van der Waals surface area contributed by atoms with Crippen molar-refractivity contribution in [2.75, 3.05) is 0 Å². The van der Waals surface area contributed by atoms with Crippen LogP contribution in [-0.4, -0.2) is 20.7 Å². The lowest BCUT2D eigenvalue weighted by atomic mass is 10.1. The number of aryl methyl sites for hydroxylation is 1. The molecule has 0 saturated heterocycles. The molecule has 0 fully saturated rings. The van der Waals surface area contributed by atoms with E-state index >= 15 is 0 Å². The number of pyridine rings is 1. The van der Waals surface area contributed by atoms with Crippen molar-refractivity contribution in [3.05, 3.63) is 54.4 Å². The maximum absolute atomic E-state index is 4.61. The summed E-state index contributed by atoms with van der Waals surface area (Å²) in [4.78, 5) is 17.2. The Morgan fingerprint density at radius 2 is 2.16 bits per heavy atom. The molecule has 4 heteroatoms. The number of aliphatic imine (C=N–C) groups is 1. The molecule has 0 radical (unpaired) electrons. The Morgan fingerprint density at radius 3 is 2.89 bits per heavy atom. The van der Waals surface area contributed by atoms with Gasteiger partial charge in [0.1, 0.15) is 6.33 Å². The fourth-order valence-corrected chi connectivity index (χ4v) is 1.68. The van der Waals surface area contributed by atoms with Gasteiger partial charge in [-0.1, -0.05) is 12.1 Å². The first kappa shape index (κ1) is 13.1. The average Bonchev–Trinajstić information content (AvgIpc) is 2.45. The van der Waals surface area contributed by atoms with Crippen molar-refractivity contribution < 1.29 is 0 Å². The lowest BCUT2D eigenvalue weighted by Crippen LogP contribution is -2.00. The van der Waals surface area contributed by atoms with Crippen molar-refractivity contribution in [1.82, 2.24) is 15.0 Å². The molecule has 2 heterocycles. The van der Waals surface area contributed by atoms with Crippen LogP contribution in [0.2, 0.25) is 0 Å². The molecule has 2 aromatic heterocycles. The van der Waals surface area contributed by atoms with Gasteiger partial charge in [0.05, 0.1) is 22.8 Å². The van der Waals surface area contributed by atoms with Crippen molar-refractivity contribution in [2.45, 2.75) is 20.8 Å². The Morgan fingerprint density at radius 1 is 1.32 bits per heavy atom. The van der Waals surface area contributed by atoms with Gasteiger partial charge in [0.2, 0.25) is 0 Å². The normalized spacial score (nSPS) is 12.1. The molecular weight excluding hydrogens is 236 g/mol. The summed E-state index contributed by atoms with van der Waals surface area (Å²) in [6, 6.07) is 5.88. The summed E-state index contributed by atoms with van der Waals surface area (Å²) in [6.45, 7) is 5.83. The fourth-order valence-electron chi connectivity index (χ4n) is 1.68. The number of allylic oxidation sites excluding steroid dienone is 1. The van der Waals surface area contributed by atoms with Crippen LogP contribution in [0.1, 0.15) is 25.2 Å². The van der Waals surface area contributed by atoms with Crippen LogP contribution in [0.4, 0.5) is 0 Å². The number of aromatic nitrogens is 3. The van der Waals surface area contributed by atoms with Crippen molar-refractivity contribution >= 4 is 5.71 Å². The SMILES string of the molecule is C/C=C\N=C(/C)c1cccc(-c2cncnc2C)n1. The third-order valence-corrected chi connectivity index (χ3v) is 2.72. The third-order valence-electron chi connectivity index (χ3n) is 2.72. The molecule has 0 bridgehead atoms. The zero-order valence-electron chi connectivity index (χ0n) is 11.3. The third kappa shape index (κ3) is 3.10. The van der Waals surface area contributed by atoms with Gasteiger partial charge < -0.3 is 0 Å². The van der Waals surface area contributed by atoms with Crippen LogP contribution in [-0.2, 0) is 0 Å². The van der Waals surface area contributed by atoms with E-state index in [9.17, 15) is 0 Å². The quantitative estimate of drug-likeness (QED) is 0.788. The second kappa shape index (κ2) is 6.00. The number of nitrogens with zero attached hydrogens (tertiary/aromatic N) is 4. The van der Waals surface area contributed by atoms with Crippen LogP contribution in [0, 0.1) is 6.92 Å². The highest BCUT2D eigenvalue weighted by Crippen LogP contribution is 2.18. The van der Waals surface area contributed by atoms with E-state index in [1.807, 2.05) is 45.0 Å². The van der Waals surface area contributed by atoms with E-state index in [0.29, 0.717) is 0 Å². The molecule has 0 aliphatic rings. The summed E-state index contributed by atoms with van der Waals surface area (Å²) >= 11 is 0. The van der Waals surface area contributed by atoms with E-state index in [2.05, 4.69) is 19.9 Å². The molecule has 2 aromatic rings.